The number of nitrogens with one attached hydrogen (secondary N) is 2. The van der Waals surface area contributed by atoms with Crippen molar-refractivity contribution in [3.8, 4) is 11.1 Å². The Balaban J connectivity index is 0.000000559. The fourth-order valence-electron chi connectivity index (χ4n) is 4.08. The van der Waals surface area contributed by atoms with Crippen LogP contribution in [0.1, 0.15) is 24.0 Å². The van der Waals surface area contributed by atoms with E-state index in [1.54, 1.807) is 6.07 Å². The summed E-state index contributed by atoms with van der Waals surface area (Å²) in [7, 11) is -3.88. The molecule has 3 aromatic rings. The second kappa shape index (κ2) is 14.4. The molecule has 0 spiro atoms. The van der Waals surface area contributed by atoms with Gasteiger partial charge in [-0.1, -0.05) is 60.7 Å². The smallest absolute Gasteiger partial charge is 0.475 e. The van der Waals surface area contributed by atoms with Crippen molar-refractivity contribution in [2.24, 2.45) is 0 Å². The molecule has 0 bridgehead atoms. The van der Waals surface area contributed by atoms with Crippen molar-refractivity contribution in [3.63, 3.8) is 0 Å². The number of halogens is 4. The largest absolute Gasteiger partial charge is 0.490 e. The third-order valence-electron chi connectivity index (χ3n) is 6.17. The van der Waals surface area contributed by atoms with E-state index in [-0.39, 0.29) is 11.4 Å². The predicted octanol–water partition coefficient (Wildman–Crippen LogP) is 4.79. The van der Waals surface area contributed by atoms with Crippen LogP contribution in [0.5, 0.6) is 0 Å². The summed E-state index contributed by atoms with van der Waals surface area (Å²) in [4.78, 5) is 10.8. The average Bonchev–Trinajstić information content (AvgIpc) is 3.43. The SMILES string of the molecule is O=C(O)C(F)(F)F.O=S(=O)(NCCN1CCCC1)c1ccc(-c2ccc(CNCc3ccccc3)cc2)cc1F. The Kier molecular flexibility index (Phi) is 11.2. The van der Waals surface area contributed by atoms with Gasteiger partial charge in [-0.2, -0.15) is 13.2 Å². The van der Waals surface area contributed by atoms with Crippen LogP contribution in [-0.4, -0.2) is 56.7 Å². The lowest BCUT2D eigenvalue weighted by atomic mass is 10.0. The number of benzene rings is 3. The van der Waals surface area contributed by atoms with E-state index in [1.165, 1.54) is 17.7 Å². The Morgan fingerprint density at radius 2 is 1.43 bits per heavy atom. The first-order chi connectivity index (χ1) is 19.0. The van der Waals surface area contributed by atoms with E-state index < -0.39 is 28.0 Å². The van der Waals surface area contributed by atoms with E-state index in [0.29, 0.717) is 12.1 Å². The van der Waals surface area contributed by atoms with Crippen LogP contribution >= 0.6 is 0 Å². The van der Waals surface area contributed by atoms with Gasteiger partial charge in [-0.3, -0.25) is 0 Å². The number of carboxylic acids is 1. The molecule has 0 aliphatic carbocycles. The van der Waals surface area contributed by atoms with Gasteiger partial charge in [0.1, 0.15) is 10.7 Å². The fourth-order valence-corrected chi connectivity index (χ4v) is 5.16. The monoisotopic (exact) mass is 581 g/mol. The second-order valence-corrected chi connectivity index (χ2v) is 10.9. The van der Waals surface area contributed by atoms with Crippen molar-refractivity contribution < 1.29 is 35.9 Å². The Morgan fingerprint density at radius 3 is 1.98 bits per heavy atom. The molecule has 0 radical (unpaired) electrons. The second-order valence-electron chi connectivity index (χ2n) is 9.18. The van der Waals surface area contributed by atoms with Crippen LogP contribution in [0.15, 0.2) is 77.7 Å². The molecule has 1 fully saturated rings. The number of hydrogen-bond acceptors (Lipinski definition) is 5. The van der Waals surface area contributed by atoms with E-state index in [2.05, 4.69) is 27.1 Å². The standard InChI is InChI=1S/C26H30FN3O2S.C2HF3O2/c27-25-18-24(12-13-26(25)33(31,32)29-14-17-30-15-4-5-16-30)23-10-8-22(9-11-23)20-28-19-21-6-2-1-3-7-21;3-2(4,5)1(6)7/h1-3,6-13,18,28-29H,4-5,14-17,19-20H2;(H,6,7). The minimum atomic E-state index is -5.08. The molecule has 0 amide bonds. The highest BCUT2D eigenvalue weighted by molar-refractivity contribution is 7.89. The van der Waals surface area contributed by atoms with Crippen LogP contribution in [0, 0.1) is 5.82 Å². The van der Waals surface area contributed by atoms with Crippen LogP contribution < -0.4 is 10.0 Å². The zero-order valence-electron chi connectivity index (χ0n) is 21.6. The summed E-state index contributed by atoms with van der Waals surface area (Å²) in [5.74, 6) is -3.50. The topological polar surface area (TPSA) is 98.7 Å². The summed E-state index contributed by atoms with van der Waals surface area (Å²) in [5.41, 5.74) is 3.83. The van der Waals surface area contributed by atoms with Crippen molar-refractivity contribution >= 4 is 16.0 Å². The molecule has 216 valence electrons. The summed E-state index contributed by atoms with van der Waals surface area (Å²) in [5, 5.41) is 10.5. The number of rotatable bonds is 10. The minimum Gasteiger partial charge on any atom is -0.475 e. The Bertz CT molecular complexity index is 1350. The number of carboxylic acid groups (broad SMARTS) is 1. The van der Waals surface area contributed by atoms with Gasteiger partial charge in [0, 0.05) is 26.2 Å². The number of sulfonamides is 1. The van der Waals surface area contributed by atoms with E-state index >= 15 is 0 Å². The van der Waals surface area contributed by atoms with Crippen LogP contribution in [-0.2, 0) is 27.9 Å². The highest BCUT2D eigenvalue weighted by Gasteiger charge is 2.38. The number of hydrogen-bond donors (Lipinski definition) is 3. The van der Waals surface area contributed by atoms with Crippen molar-refractivity contribution in [1.82, 2.24) is 14.9 Å². The highest BCUT2D eigenvalue weighted by atomic mass is 32.2. The molecular weight excluding hydrogens is 550 g/mol. The summed E-state index contributed by atoms with van der Waals surface area (Å²) < 4.78 is 74.1. The summed E-state index contributed by atoms with van der Waals surface area (Å²) >= 11 is 0. The van der Waals surface area contributed by atoms with Gasteiger partial charge >= 0.3 is 12.1 Å². The quantitative estimate of drug-likeness (QED) is 0.298. The first kappa shape index (κ1) is 31.2. The van der Waals surface area contributed by atoms with Crippen molar-refractivity contribution in [2.45, 2.75) is 37.0 Å². The van der Waals surface area contributed by atoms with Gasteiger partial charge in [0.05, 0.1) is 0 Å². The lowest BCUT2D eigenvalue weighted by Crippen LogP contribution is -2.33. The van der Waals surface area contributed by atoms with Crippen molar-refractivity contribution in [3.05, 3.63) is 89.7 Å². The molecule has 0 aromatic heterocycles. The van der Waals surface area contributed by atoms with Crippen LogP contribution in [0.25, 0.3) is 11.1 Å². The maximum absolute atomic E-state index is 14.7. The molecule has 1 aliphatic rings. The summed E-state index contributed by atoms with van der Waals surface area (Å²) in [6.07, 6.45) is -2.79. The average molecular weight is 582 g/mol. The molecule has 1 heterocycles. The van der Waals surface area contributed by atoms with Gasteiger partial charge in [0.25, 0.3) is 0 Å². The minimum absolute atomic E-state index is 0.281. The van der Waals surface area contributed by atoms with E-state index in [4.69, 9.17) is 9.90 Å². The Morgan fingerprint density at radius 1 is 0.875 bits per heavy atom. The molecule has 1 aliphatic heterocycles. The first-order valence-corrected chi connectivity index (χ1v) is 14.1. The normalized spacial score (nSPS) is 14.0. The molecule has 3 aromatic carbocycles. The molecular formula is C28H31F4N3O4S. The molecule has 40 heavy (non-hydrogen) atoms. The lowest BCUT2D eigenvalue weighted by molar-refractivity contribution is -0.192. The molecule has 3 N–H and O–H groups in total. The zero-order chi connectivity index (χ0) is 29.2. The molecule has 12 heteroatoms. The van der Waals surface area contributed by atoms with Crippen LogP contribution in [0.4, 0.5) is 17.6 Å². The number of aliphatic carboxylic acids is 1. The fraction of sp³-hybridized carbons (Fsp3) is 0.321. The molecule has 0 atom stereocenters. The molecule has 4 rings (SSSR count). The maximum atomic E-state index is 14.7. The van der Waals surface area contributed by atoms with Gasteiger partial charge in [-0.15, -0.1) is 0 Å². The zero-order valence-corrected chi connectivity index (χ0v) is 22.4. The van der Waals surface area contributed by atoms with Gasteiger partial charge in [0.15, 0.2) is 0 Å². The van der Waals surface area contributed by atoms with E-state index in [0.717, 1.165) is 50.1 Å². The Hall–Kier alpha value is -3.32. The van der Waals surface area contributed by atoms with Gasteiger partial charge in [-0.05, 0) is 60.3 Å². The molecule has 0 unspecified atom stereocenters. The van der Waals surface area contributed by atoms with Crippen LogP contribution in [0.3, 0.4) is 0 Å². The number of alkyl halides is 3. The number of carbonyl (C=O) groups is 1. The summed E-state index contributed by atoms with van der Waals surface area (Å²) in [6, 6.07) is 22.3. The van der Waals surface area contributed by atoms with E-state index in [9.17, 15) is 26.0 Å². The highest BCUT2D eigenvalue weighted by Crippen LogP contribution is 2.24. The van der Waals surface area contributed by atoms with Gasteiger partial charge in [0.2, 0.25) is 10.0 Å². The van der Waals surface area contributed by atoms with Crippen molar-refractivity contribution in [2.75, 3.05) is 26.2 Å². The molecule has 0 saturated carbocycles. The maximum Gasteiger partial charge on any atom is 0.490 e. The lowest BCUT2D eigenvalue weighted by Gasteiger charge is -2.15. The first-order valence-electron chi connectivity index (χ1n) is 12.6. The van der Waals surface area contributed by atoms with Crippen LogP contribution in [0.2, 0.25) is 0 Å². The number of likely N-dealkylation sites (tertiary alicyclic amines) is 1. The molecule has 7 nitrogen and oxygen atoms in total. The third kappa shape index (κ3) is 9.70. The number of nitrogens with zero attached hydrogens (tertiary/aromatic N) is 1. The third-order valence-corrected chi connectivity index (χ3v) is 7.67. The summed E-state index contributed by atoms with van der Waals surface area (Å²) in [6.45, 7) is 4.42. The van der Waals surface area contributed by atoms with Gasteiger partial charge < -0.3 is 15.3 Å². The Labute approximate surface area is 230 Å². The van der Waals surface area contributed by atoms with E-state index in [1.807, 2.05) is 42.5 Å². The van der Waals surface area contributed by atoms with Crippen molar-refractivity contribution in [1.29, 1.82) is 0 Å². The molecule has 1 saturated heterocycles. The predicted molar refractivity (Wildman–Crippen MR) is 143 cm³/mol. The van der Waals surface area contributed by atoms with Gasteiger partial charge in [-0.25, -0.2) is 22.3 Å².